The minimum absolute atomic E-state index is 0.0634. The van der Waals surface area contributed by atoms with Gasteiger partial charge in [-0.25, -0.2) is 9.37 Å². The fourth-order valence-electron chi connectivity index (χ4n) is 4.14. The quantitative estimate of drug-likeness (QED) is 0.377. The molecule has 1 heterocycles. The van der Waals surface area contributed by atoms with E-state index in [0.717, 1.165) is 24.0 Å². The van der Waals surface area contributed by atoms with Crippen molar-refractivity contribution in [2.45, 2.75) is 32.2 Å². The third-order valence-corrected chi connectivity index (χ3v) is 6.28. The van der Waals surface area contributed by atoms with E-state index in [2.05, 4.69) is 10.3 Å². The van der Waals surface area contributed by atoms with Gasteiger partial charge in [0.2, 0.25) is 17.8 Å². The Bertz CT molecular complexity index is 1380. The molecule has 0 spiro atoms. The van der Waals surface area contributed by atoms with Gasteiger partial charge < -0.3 is 4.90 Å². The molecule has 5 rings (SSSR count). The number of carbonyl (C=O) groups is 2. The van der Waals surface area contributed by atoms with Gasteiger partial charge in [-0.2, -0.15) is 0 Å². The molecular weight excluding hydrogens is 455 g/mol. The number of hydrogen-bond donors (Lipinski definition) is 1. The lowest BCUT2D eigenvalue weighted by Gasteiger charge is -2.22. The van der Waals surface area contributed by atoms with E-state index >= 15 is 0 Å². The zero-order valence-electron chi connectivity index (χ0n) is 20.0. The molecule has 1 fully saturated rings. The summed E-state index contributed by atoms with van der Waals surface area (Å²) in [6.45, 7) is 1.64. The highest BCUT2D eigenvalue weighted by Gasteiger charge is 2.34. The lowest BCUT2D eigenvalue weighted by Crippen LogP contribution is -2.40. The second-order valence-electron chi connectivity index (χ2n) is 9.08. The maximum absolute atomic E-state index is 14.4. The van der Waals surface area contributed by atoms with E-state index in [1.54, 1.807) is 34.7 Å². The molecule has 0 saturated heterocycles. The van der Waals surface area contributed by atoms with Gasteiger partial charge in [-0.05, 0) is 43.0 Å². The van der Waals surface area contributed by atoms with Gasteiger partial charge in [-0.3, -0.25) is 19.5 Å². The van der Waals surface area contributed by atoms with Gasteiger partial charge in [0.05, 0.1) is 17.8 Å². The predicted molar refractivity (Wildman–Crippen MR) is 137 cm³/mol. The number of carbonyl (C=O) groups excluding carboxylic acids is 2. The first-order chi connectivity index (χ1) is 17.5. The highest BCUT2D eigenvalue weighted by Crippen LogP contribution is 2.28. The van der Waals surface area contributed by atoms with Crippen LogP contribution in [0.5, 0.6) is 0 Å². The standard InChI is InChI=1S/C29H27FN4O2/c1-20-12-13-24(17-25(20)30)34-18-26(22-10-6-3-7-11-22)31-29(34)32-27(35)19-33(23-14-15-23)28(36)16-21-8-4-2-5-9-21/h2-13,17-18,23H,14-16,19H2,1H3,(H,31,32,35). The summed E-state index contributed by atoms with van der Waals surface area (Å²) in [4.78, 5) is 32.4. The third kappa shape index (κ3) is 5.35. The fraction of sp³-hybridized carbons (Fsp3) is 0.207. The molecule has 0 aliphatic heterocycles. The largest absolute Gasteiger partial charge is 0.330 e. The second-order valence-corrected chi connectivity index (χ2v) is 9.08. The molecule has 0 atom stereocenters. The van der Waals surface area contributed by atoms with Crippen molar-refractivity contribution in [2.75, 3.05) is 11.9 Å². The maximum atomic E-state index is 14.4. The van der Waals surface area contributed by atoms with Crippen molar-refractivity contribution in [2.24, 2.45) is 0 Å². The monoisotopic (exact) mass is 482 g/mol. The zero-order valence-corrected chi connectivity index (χ0v) is 20.0. The van der Waals surface area contributed by atoms with Gasteiger partial charge in [0, 0.05) is 17.8 Å². The van der Waals surface area contributed by atoms with Crippen LogP contribution in [0.25, 0.3) is 16.9 Å². The van der Waals surface area contributed by atoms with Crippen LogP contribution in [-0.4, -0.2) is 38.9 Å². The van der Waals surface area contributed by atoms with Crippen molar-refractivity contribution in [1.82, 2.24) is 14.5 Å². The summed E-state index contributed by atoms with van der Waals surface area (Å²) in [5.41, 5.74) is 3.51. The molecule has 1 N–H and O–H groups in total. The summed E-state index contributed by atoms with van der Waals surface area (Å²) in [6.07, 6.45) is 3.81. The van der Waals surface area contributed by atoms with Crippen molar-refractivity contribution < 1.29 is 14.0 Å². The molecule has 4 aromatic rings. The van der Waals surface area contributed by atoms with Crippen molar-refractivity contribution in [3.63, 3.8) is 0 Å². The number of imidazole rings is 1. The van der Waals surface area contributed by atoms with E-state index in [1.807, 2.05) is 60.7 Å². The van der Waals surface area contributed by atoms with Gasteiger partial charge in [0.15, 0.2) is 0 Å². The van der Waals surface area contributed by atoms with E-state index in [0.29, 0.717) is 16.9 Å². The van der Waals surface area contributed by atoms with Crippen molar-refractivity contribution in [1.29, 1.82) is 0 Å². The average molecular weight is 483 g/mol. The van der Waals surface area contributed by atoms with E-state index < -0.39 is 0 Å². The Morgan fingerprint density at radius 1 is 1.03 bits per heavy atom. The lowest BCUT2D eigenvalue weighted by molar-refractivity contribution is -0.134. The number of amides is 2. The number of nitrogens with one attached hydrogen (secondary N) is 1. The van der Waals surface area contributed by atoms with Crippen LogP contribution in [-0.2, 0) is 16.0 Å². The molecule has 1 aliphatic carbocycles. The van der Waals surface area contributed by atoms with Crippen LogP contribution >= 0.6 is 0 Å². The Morgan fingerprint density at radius 3 is 2.39 bits per heavy atom. The smallest absolute Gasteiger partial charge is 0.246 e. The first-order valence-electron chi connectivity index (χ1n) is 12.0. The van der Waals surface area contributed by atoms with Gasteiger partial charge >= 0.3 is 0 Å². The normalized spacial score (nSPS) is 12.8. The number of rotatable bonds is 8. The molecular formula is C29H27FN4O2. The minimum atomic E-state index is -0.345. The predicted octanol–water partition coefficient (Wildman–Crippen LogP) is 5.16. The first kappa shape index (κ1) is 23.5. The number of aromatic nitrogens is 2. The summed E-state index contributed by atoms with van der Waals surface area (Å²) >= 11 is 0. The van der Waals surface area contributed by atoms with E-state index in [4.69, 9.17) is 0 Å². The number of benzene rings is 3. The second kappa shape index (κ2) is 10.2. The topological polar surface area (TPSA) is 67.2 Å². The number of nitrogens with zero attached hydrogens (tertiary/aromatic N) is 3. The van der Waals surface area contributed by atoms with Gasteiger partial charge in [-0.15, -0.1) is 0 Å². The molecule has 0 radical (unpaired) electrons. The molecule has 182 valence electrons. The molecule has 0 bridgehead atoms. The summed E-state index contributed by atoms with van der Waals surface area (Å²) in [6, 6.07) is 24.1. The van der Waals surface area contributed by atoms with Crippen LogP contribution in [0, 0.1) is 12.7 Å². The molecule has 36 heavy (non-hydrogen) atoms. The summed E-state index contributed by atoms with van der Waals surface area (Å²) in [5.74, 6) is -0.491. The van der Waals surface area contributed by atoms with Gasteiger partial charge in [0.25, 0.3) is 0 Å². The number of halogens is 1. The number of aryl methyl sites for hydroxylation is 1. The van der Waals surface area contributed by atoms with Crippen LogP contribution in [0.3, 0.4) is 0 Å². The molecule has 2 amide bonds. The Hall–Kier alpha value is -4.26. The summed E-state index contributed by atoms with van der Waals surface area (Å²) in [5, 5.41) is 2.86. The van der Waals surface area contributed by atoms with Crippen molar-refractivity contribution in [3.8, 4) is 16.9 Å². The van der Waals surface area contributed by atoms with Crippen molar-refractivity contribution >= 4 is 17.8 Å². The van der Waals surface area contributed by atoms with E-state index in [-0.39, 0.29) is 42.6 Å². The van der Waals surface area contributed by atoms with Gasteiger partial charge in [-0.1, -0.05) is 66.7 Å². The number of hydrogen-bond acceptors (Lipinski definition) is 3. The molecule has 1 aromatic heterocycles. The Kier molecular flexibility index (Phi) is 6.62. The zero-order chi connectivity index (χ0) is 25.1. The SMILES string of the molecule is Cc1ccc(-n2cc(-c3ccccc3)nc2NC(=O)CN(C(=O)Cc2ccccc2)C2CC2)cc1F. The van der Waals surface area contributed by atoms with Gasteiger partial charge in [0.1, 0.15) is 12.4 Å². The Labute approximate surface area is 209 Å². The Balaban J connectivity index is 1.39. The molecule has 6 nitrogen and oxygen atoms in total. The third-order valence-electron chi connectivity index (χ3n) is 6.28. The first-order valence-corrected chi connectivity index (χ1v) is 12.0. The summed E-state index contributed by atoms with van der Waals surface area (Å²) in [7, 11) is 0. The van der Waals surface area contributed by atoms with Crippen LogP contribution in [0.4, 0.5) is 10.3 Å². The molecule has 3 aromatic carbocycles. The van der Waals surface area contributed by atoms with Crippen LogP contribution in [0.15, 0.2) is 85.1 Å². The lowest BCUT2D eigenvalue weighted by atomic mass is 10.1. The number of anilines is 1. The minimum Gasteiger partial charge on any atom is -0.330 e. The molecule has 1 saturated carbocycles. The maximum Gasteiger partial charge on any atom is 0.246 e. The summed E-state index contributed by atoms with van der Waals surface area (Å²) < 4.78 is 16.0. The van der Waals surface area contributed by atoms with Crippen LogP contribution in [0.1, 0.15) is 24.0 Å². The highest BCUT2D eigenvalue weighted by atomic mass is 19.1. The molecule has 1 aliphatic rings. The highest BCUT2D eigenvalue weighted by molar-refractivity contribution is 5.94. The molecule has 7 heteroatoms. The fourth-order valence-corrected chi connectivity index (χ4v) is 4.14. The van der Waals surface area contributed by atoms with Crippen LogP contribution in [0.2, 0.25) is 0 Å². The van der Waals surface area contributed by atoms with Crippen LogP contribution < -0.4 is 5.32 Å². The molecule has 0 unspecified atom stereocenters. The Morgan fingerprint density at radius 2 is 1.72 bits per heavy atom. The van der Waals surface area contributed by atoms with Crippen molar-refractivity contribution in [3.05, 3.63) is 102 Å². The average Bonchev–Trinajstić information content (AvgIpc) is 3.65. The van der Waals surface area contributed by atoms with E-state index in [1.165, 1.54) is 6.07 Å². The van der Waals surface area contributed by atoms with E-state index in [9.17, 15) is 14.0 Å².